The normalized spacial score (nSPS) is 12.3. The molecule has 1 unspecified atom stereocenters. The van der Waals surface area contributed by atoms with Crippen molar-refractivity contribution in [1.82, 2.24) is 4.90 Å². The monoisotopic (exact) mass is 251 g/mol. The minimum Gasteiger partial charge on any atom is -0.389 e. The van der Waals surface area contributed by atoms with E-state index in [9.17, 15) is 9.90 Å². The van der Waals surface area contributed by atoms with Gasteiger partial charge in [0, 0.05) is 26.3 Å². The lowest BCUT2D eigenvalue weighted by molar-refractivity contribution is 0.0380. The fourth-order valence-electron chi connectivity index (χ4n) is 1.74. The summed E-state index contributed by atoms with van der Waals surface area (Å²) in [6.45, 7) is 4.48. The molecule has 0 heterocycles. The number of carbonyl (C=O) groups is 1. The minimum absolute atomic E-state index is 0.0896. The van der Waals surface area contributed by atoms with Gasteiger partial charge in [-0.1, -0.05) is 6.07 Å². The van der Waals surface area contributed by atoms with E-state index in [1.54, 1.807) is 7.05 Å². The van der Waals surface area contributed by atoms with Gasteiger partial charge in [0.15, 0.2) is 0 Å². The molecule has 0 aromatic heterocycles. The fraction of sp³-hybridized carbons (Fsp3) is 0.500. The lowest BCUT2D eigenvalue weighted by atomic mass is 10.1. The molecule has 1 N–H and O–H groups in total. The first kappa shape index (κ1) is 14.7. The molecular weight excluding hydrogens is 230 g/mol. The summed E-state index contributed by atoms with van der Waals surface area (Å²) in [5, 5.41) is 9.60. The predicted molar refractivity (Wildman–Crippen MR) is 70.8 cm³/mol. The third-order valence-electron chi connectivity index (χ3n) is 2.94. The van der Waals surface area contributed by atoms with Crippen molar-refractivity contribution in [2.24, 2.45) is 0 Å². The van der Waals surface area contributed by atoms with Gasteiger partial charge in [-0.2, -0.15) is 0 Å². The first-order valence-corrected chi connectivity index (χ1v) is 5.95. The summed E-state index contributed by atoms with van der Waals surface area (Å²) < 4.78 is 4.84. The van der Waals surface area contributed by atoms with Crippen LogP contribution in [0.25, 0.3) is 0 Å². The van der Waals surface area contributed by atoms with Crippen LogP contribution in [-0.4, -0.2) is 49.3 Å². The third-order valence-corrected chi connectivity index (χ3v) is 2.94. The predicted octanol–water partition coefficient (Wildman–Crippen LogP) is 1.38. The summed E-state index contributed by atoms with van der Waals surface area (Å²) in [7, 11) is 3.20. The zero-order chi connectivity index (χ0) is 13.7. The Balaban J connectivity index is 2.71. The molecule has 0 saturated heterocycles. The number of nitrogens with zero attached hydrogens (tertiary/aromatic N) is 1. The highest BCUT2D eigenvalue weighted by Gasteiger charge is 2.15. The molecular formula is C14H21NO3. The molecule has 0 saturated carbocycles. The Morgan fingerprint density at radius 3 is 2.61 bits per heavy atom. The molecule has 0 aliphatic rings. The highest BCUT2D eigenvalue weighted by Crippen LogP contribution is 2.11. The summed E-state index contributed by atoms with van der Waals surface area (Å²) >= 11 is 0. The van der Waals surface area contributed by atoms with E-state index in [1.165, 1.54) is 12.0 Å². The second-order valence-corrected chi connectivity index (χ2v) is 4.59. The number of likely N-dealkylation sites (N-methyl/N-ethyl adjacent to an activating group) is 1. The summed E-state index contributed by atoms with van der Waals surface area (Å²) in [4.78, 5) is 13.6. The molecule has 0 bridgehead atoms. The van der Waals surface area contributed by atoms with Crippen LogP contribution in [0.1, 0.15) is 21.5 Å². The number of aliphatic hydroxyl groups is 1. The van der Waals surface area contributed by atoms with Gasteiger partial charge in [-0.05, 0) is 37.1 Å². The number of benzene rings is 1. The zero-order valence-electron chi connectivity index (χ0n) is 11.4. The Bertz CT molecular complexity index is 418. The van der Waals surface area contributed by atoms with Crippen LogP contribution in [-0.2, 0) is 4.74 Å². The molecule has 0 aliphatic heterocycles. The lowest BCUT2D eigenvalue weighted by Crippen LogP contribution is -2.36. The fourth-order valence-corrected chi connectivity index (χ4v) is 1.74. The molecule has 1 atom stereocenters. The van der Waals surface area contributed by atoms with Gasteiger partial charge in [0.2, 0.25) is 0 Å². The van der Waals surface area contributed by atoms with Gasteiger partial charge < -0.3 is 14.7 Å². The maximum Gasteiger partial charge on any atom is 0.253 e. The molecule has 0 fully saturated rings. The highest BCUT2D eigenvalue weighted by molar-refractivity contribution is 5.94. The highest BCUT2D eigenvalue weighted by atomic mass is 16.5. The number of methoxy groups -OCH3 is 1. The van der Waals surface area contributed by atoms with Crippen LogP contribution in [0.15, 0.2) is 18.2 Å². The molecule has 4 nitrogen and oxygen atoms in total. The van der Waals surface area contributed by atoms with Gasteiger partial charge in [0.05, 0.1) is 12.7 Å². The zero-order valence-corrected chi connectivity index (χ0v) is 11.4. The maximum absolute atomic E-state index is 12.1. The molecule has 0 spiro atoms. The Hall–Kier alpha value is -1.39. The number of carbonyl (C=O) groups excluding carboxylic acids is 1. The first-order valence-electron chi connectivity index (χ1n) is 5.95. The van der Waals surface area contributed by atoms with E-state index in [2.05, 4.69) is 0 Å². The summed E-state index contributed by atoms with van der Waals surface area (Å²) in [5.41, 5.74) is 2.89. The number of hydrogen-bond donors (Lipinski definition) is 1. The summed E-state index contributed by atoms with van der Waals surface area (Å²) in [6.07, 6.45) is -0.657. The van der Waals surface area contributed by atoms with E-state index in [4.69, 9.17) is 4.74 Å². The number of amides is 1. The lowest BCUT2D eigenvalue weighted by Gasteiger charge is -2.20. The van der Waals surface area contributed by atoms with Crippen LogP contribution < -0.4 is 0 Å². The van der Waals surface area contributed by atoms with E-state index in [1.807, 2.05) is 32.0 Å². The van der Waals surface area contributed by atoms with Crippen LogP contribution in [0.3, 0.4) is 0 Å². The average Bonchev–Trinajstić information content (AvgIpc) is 2.32. The molecule has 1 aromatic rings. The van der Waals surface area contributed by atoms with Crippen LogP contribution in [0, 0.1) is 13.8 Å². The van der Waals surface area contributed by atoms with Crippen molar-refractivity contribution in [2.75, 3.05) is 27.3 Å². The molecule has 0 radical (unpaired) electrons. The van der Waals surface area contributed by atoms with Gasteiger partial charge >= 0.3 is 0 Å². The Kier molecular flexibility index (Phi) is 5.31. The van der Waals surface area contributed by atoms with Crippen molar-refractivity contribution >= 4 is 5.91 Å². The van der Waals surface area contributed by atoms with Crippen molar-refractivity contribution in [3.05, 3.63) is 34.9 Å². The largest absolute Gasteiger partial charge is 0.389 e. The van der Waals surface area contributed by atoms with Gasteiger partial charge in [-0.3, -0.25) is 4.79 Å². The maximum atomic E-state index is 12.1. The molecule has 100 valence electrons. The average molecular weight is 251 g/mol. The van der Waals surface area contributed by atoms with E-state index in [0.29, 0.717) is 5.56 Å². The van der Waals surface area contributed by atoms with E-state index in [0.717, 1.165) is 11.1 Å². The smallest absolute Gasteiger partial charge is 0.253 e. The standard InChI is InChI=1S/C14H21NO3/c1-10-5-6-12(7-11(10)2)14(17)15(3)8-13(16)9-18-4/h5-7,13,16H,8-9H2,1-4H3. The Morgan fingerprint density at radius 2 is 2.06 bits per heavy atom. The molecule has 1 aromatic carbocycles. The third kappa shape index (κ3) is 3.82. The number of ether oxygens (including phenoxy) is 1. The van der Waals surface area contributed by atoms with Crippen LogP contribution in [0.4, 0.5) is 0 Å². The van der Waals surface area contributed by atoms with Crippen molar-refractivity contribution < 1.29 is 14.6 Å². The Labute approximate surface area is 108 Å². The topological polar surface area (TPSA) is 49.8 Å². The van der Waals surface area contributed by atoms with Crippen LogP contribution >= 0.6 is 0 Å². The summed E-state index contributed by atoms with van der Waals surface area (Å²) in [5.74, 6) is -0.0896. The Morgan fingerprint density at radius 1 is 1.39 bits per heavy atom. The van der Waals surface area contributed by atoms with E-state index < -0.39 is 6.10 Å². The van der Waals surface area contributed by atoms with Crippen molar-refractivity contribution in [3.8, 4) is 0 Å². The number of aliphatic hydroxyl groups excluding tert-OH is 1. The van der Waals surface area contributed by atoms with Gasteiger partial charge in [0.25, 0.3) is 5.91 Å². The molecule has 4 heteroatoms. The van der Waals surface area contributed by atoms with Crippen molar-refractivity contribution in [1.29, 1.82) is 0 Å². The van der Waals surface area contributed by atoms with E-state index in [-0.39, 0.29) is 19.1 Å². The van der Waals surface area contributed by atoms with Gasteiger partial charge in [-0.15, -0.1) is 0 Å². The SMILES string of the molecule is COCC(O)CN(C)C(=O)c1ccc(C)c(C)c1. The number of hydrogen-bond acceptors (Lipinski definition) is 3. The van der Waals surface area contributed by atoms with Crippen molar-refractivity contribution in [3.63, 3.8) is 0 Å². The number of aryl methyl sites for hydroxylation is 2. The molecule has 18 heavy (non-hydrogen) atoms. The first-order chi connectivity index (χ1) is 8.45. The second kappa shape index (κ2) is 6.52. The molecule has 1 rings (SSSR count). The van der Waals surface area contributed by atoms with Crippen molar-refractivity contribution in [2.45, 2.75) is 20.0 Å². The van der Waals surface area contributed by atoms with E-state index >= 15 is 0 Å². The summed E-state index contributed by atoms with van der Waals surface area (Å²) in [6, 6.07) is 5.61. The molecule has 0 aliphatic carbocycles. The quantitative estimate of drug-likeness (QED) is 0.860. The minimum atomic E-state index is -0.657. The van der Waals surface area contributed by atoms with Gasteiger partial charge in [0.1, 0.15) is 0 Å². The van der Waals surface area contributed by atoms with Crippen LogP contribution in [0.5, 0.6) is 0 Å². The van der Waals surface area contributed by atoms with Gasteiger partial charge in [-0.25, -0.2) is 0 Å². The molecule has 1 amide bonds. The number of rotatable bonds is 5. The van der Waals surface area contributed by atoms with Crippen LogP contribution in [0.2, 0.25) is 0 Å². The second-order valence-electron chi connectivity index (χ2n) is 4.59.